The van der Waals surface area contributed by atoms with Crippen LogP contribution >= 0.6 is 0 Å². The maximum atomic E-state index is 12.5. The SMILES string of the molecule is O=C(C[C@@H](CN1CCN(c2ccccn2)CC1)C(=O)O)Nc1ccc2cc[nH]c2c1. The predicted molar refractivity (Wildman–Crippen MR) is 116 cm³/mol. The third kappa shape index (κ3) is 4.77. The molecule has 1 amide bonds. The van der Waals surface area contributed by atoms with Crippen LogP contribution in [0, 0.1) is 5.92 Å². The van der Waals surface area contributed by atoms with Gasteiger partial charge in [-0.2, -0.15) is 0 Å². The third-order valence-electron chi connectivity index (χ3n) is 5.44. The van der Waals surface area contributed by atoms with E-state index in [9.17, 15) is 14.7 Å². The summed E-state index contributed by atoms with van der Waals surface area (Å²) in [5, 5.41) is 13.5. The van der Waals surface area contributed by atoms with E-state index in [0.29, 0.717) is 12.2 Å². The van der Waals surface area contributed by atoms with Crippen LogP contribution < -0.4 is 10.2 Å². The summed E-state index contributed by atoms with van der Waals surface area (Å²) in [5.41, 5.74) is 1.58. The van der Waals surface area contributed by atoms with Crippen molar-refractivity contribution in [2.24, 2.45) is 5.92 Å². The van der Waals surface area contributed by atoms with E-state index < -0.39 is 11.9 Å². The first kappa shape index (κ1) is 19.9. The predicted octanol–water partition coefficient (Wildman–Crippen LogP) is 2.41. The molecule has 30 heavy (non-hydrogen) atoms. The van der Waals surface area contributed by atoms with Crippen LogP contribution in [0.1, 0.15) is 6.42 Å². The highest BCUT2D eigenvalue weighted by atomic mass is 16.4. The molecule has 156 valence electrons. The zero-order valence-electron chi connectivity index (χ0n) is 16.6. The first-order chi connectivity index (χ1) is 14.6. The minimum absolute atomic E-state index is 0.0570. The lowest BCUT2D eigenvalue weighted by Crippen LogP contribution is -2.49. The molecule has 3 aromatic rings. The van der Waals surface area contributed by atoms with E-state index in [2.05, 4.69) is 25.1 Å². The van der Waals surface area contributed by atoms with Gasteiger partial charge >= 0.3 is 5.97 Å². The molecule has 0 unspecified atom stereocenters. The molecule has 3 N–H and O–H groups in total. The molecular weight excluding hydrogens is 382 g/mol. The Labute approximate surface area is 174 Å². The lowest BCUT2D eigenvalue weighted by atomic mass is 10.0. The largest absolute Gasteiger partial charge is 0.481 e. The van der Waals surface area contributed by atoms with Crippen molar-refractivity contribution in [3.05, 3.63) is 54.9 Å². The highest BCUT2D eigenvalue weighted by Gasteiger charge is 2.26. The van der Waals surface area contributed by atoms with Gasteiger partial charge in [0.25, 0.3) is 0 Å². The van der Waals surface area contributed by atoms with E-state index in [1.165, 1.54) is 0 Å². The average molecular weight is 407 g/mol. The van der Waals surface area contributed by atoms with E-state index in [1.54, 1.807) is 6.20 Å². The molecule has 4 rings (SSSR count). The number of nitrogens with zero attached hydrogens (tertiary/aromatic N) is 3. The van der Waals surface area contributed by atoms with E-state index in [4.69, 9.17) is 0 Å². The topological polar surface area (TPSA) is 102 Å². The van der Waals surface area contributed by atoms with Crippen LogP contribution in [0.4, 0.5) is 11.5 Å². The van der Waals surface area contributed by atoms with Gasteiger partial charge in [-0.15, -0.1) is 0 Å². The average Bonchev–Trinajstić information content (AvgIpc) is 3.22. The first-order valence-electron chi connectivity index (χ1n) is 10.1. The molecule has 0 aliphatic carbocycles. The third-order valence-corrected chi connectivity index (χ3v) is 5.44. The van der Waals surface area contributed by atoms with Gasteiger partial charge in [0.15, 0.2) is 0 Å². The van der Waals surface area contributed by atoms with Gasteiger partial charge in [0.2, 0.25) is 5.91 Å². The number of carbonyl (C=O) groups is 2. The molecular formula is C22H25N5O3. The maximum absolute atomic E-state index is 12.5. The minimum atomic E-state index is -0.947. The van der Waals surface area contributed by atoms with Gasteiger partial charge in [0.05, 0.1) is 5.92 Å². The van der Waals surface area contributed by atoms with Crippen molar-refractivity contribution < 1.29 is 14.7 Å². The van der Waals surface area contributed by atoms with Gasteiger partial charge in [0.1, 0.15) is 5.82 Å². The Hall–Kier alpha value is -3.39. The fourth-order valence-corrected chi connectivity index (χ4v) is 3.80. The number of carboxylic acids is 1. The number of H-pyrrole nitrogens is 1. The molecule has 1 aliphatic heterocycles. The quantitative estimate of drug-likeness (QED) is 0.556. The van der Waals surface area contributed by atoms with Crippen LogP contribution in [0.25, 0.3) is 10.9 Å². The summed E-state index contributed by atoms with van der Waals surface area (Å²) in [6, 6.07) is 13.4. The molecule has 8 nitrogen and oxygen atoms in total. The van der Waals surface area contributed by atoms with E-state index in [-0.39, 0.29) is 12.3 Å². The lowest BCUT2D eigenvalue weighted by Gasteiger charge is -2.36. The molecule has 0 saturated carbocycles. The molecule has 0 radical (unpaired) electrons. The van der Waals surface area contributed by atoms with Crippen LogP contribution in [0.15, 0.2) is 54.9 Å². The van der Waals surface area contributed by atoms with Crippen molar-refractivity contribution in [3.8, 4) is 0 Å². The van der Waals surface area contributed by atoms with Crippen molar-refractivity contribution >= 4 is 34.3 Å². The molecule has 1 aromatic carbocycles. The Morgan fingerprint density at radius 1 is 1.13 bits per heavy atom. The second kappa shape index (κ2) is 8.96. The van der Waals surface area contributed by atoms with Gasteiger partial charge < -0.3 is 20.3 Å². The molecule has 1 atom stereocenters. The summed E-state index contributed by atoms with van der Waals surface area (Å²) in [6.45, 7) is 3.41. The van der Waals surface area contributed by atoms with Crippen molar-refractivity contribution in [1.82, 2.24) is 14.9 Å². The number of benzene rings is 1. The standard InChI is InChI=1S/C22H25N5O3/c28-21(25-18-5-4-16-6-8-23-19(16)14-18)13-17(22(29)30)15-26-9-11-27(12-10-26)20-3-1-2-7-24-20/h1-8,14,17,23H,9-13,15H2,(H,25,28)(H,29,30)/t17-/m0/s1. The molecule has 1 fully saturated rings. The number of aromatic amines is 1. The second-order valence-electron chi connectivity index (χ2n) is 7.54. The first-order valence-corrected chi connectivity index (χ1v) is 10.1. The number of hydrogen-bond donors (Lipinski definition) is 3. The highest BCUT2D eigenvalue weighted by Crippen LogP contribution is 2.19. The van der Waals surface area contributed by atoms with E-state index >= 15 is 0 Å². The summed E-state index contributed by atoms with van der Waals surface area (Å²) >= 11 is 0. The Bertz CT molecular complexity index is 1010. The summed E-state index contributed by atoms with van der Waals surface area (Å²) in [6.07, 6.45) is 3.55. The van der Waals surface area contributed by atoms with Crippen LogP contribution in [-0.4, -0.2) is 64.6 Å². The van der Waals surface area contributed by atoms with Crippen molar-refractivity contribution in [1.29, 1.82) is 0 Å². The van der Waals surface area contributed by atoms with Crippen LogP contribution in [-0.2, 0) is 9.59 Å². The highest BCUT2D eigenvalue weighted by molar-refractivity contribution is 5.95. The number of nitrogens with one attached hydrogen (secondary N) is 2. The molecule has 8 heteroatoms. The van der Waals surface area contributed by atoms with Crippen LogP contribution in [0.2, 0.25) is 0 Å². The maximum Gasteiger partial charge on any atom is 0.308 e. The molecule has 2 aromatic heterocycles. The number of amides is 1. The molecule has 0 bridgehead atoms. The zero-order chi connectivity index (χ0) is 20.9. The molecule has 1 aliphatic rings. The van der Waals surface area contributed by atoms with Gasteiger partial charge in [-0.05, 0) is 35.7 Å². The fourth-order valence-electron chi connectivity index (χ4n) is 3.80. The van der Waals surface area contributed by atoms with Gasteiger partial charge in [-0.1, -0.05) is 12.1 Å². The van der Waals surface area contributed by atoms with Gasteiger partial charge in [0, 0.05) is 62.7 Å². The lowest BCUT2D eigenvalue weighted by molar-refractivity contribution is -0.144. The molecule has 1 saturated heterocycles. The molecule has 0 spiro atoms. The Morgan fingerprint density at radius 2 is 1.97 bits per heavy atom. The summed E-state index contributed by atoms with van der Waals surface area (Å²) < 4.78 is 0. The van der Waals surface area contributed by atoms with Crippen LogP contribution in [0.5, 0.6) is 0 Å². The summed E-state index contributed by atoms with van der Waals surface area (Å²) in [7, 11) is 0. The minimum Gasteiger partial charge on any atom is -0.481 e. The Morgan fingerprint density at radius 3 is 2.70 bits per heavy atom. The normalized spacial score (nSPS) is 15.8. The van der Waals surface area contributed by atoms with E-state index in [0.717, 1.165) is 42.9 Å². The number of pyridine rings is 1. The number of piperazine rings is 1. The number of fused-ring (bicyclic) bond motifs is 1. The number of carboxylic acid groups (broad SMARTS) is 1. The Balaban J connectivity index is 1.30. The summed E-state index contributed by atoms with van der Waals surface area (Å²) in [5.74, 6) is -1.05. The number of aromatic nitrogens is 2. The molecule has 3 heterocycles. The summed E-state index contributed by atoms with van der Waals surface area (Å²) in [4.78, 5) is 36.0. The van der Waals surface area contributed by atoms with Crippen LogP contribution in [0.3, 0.4) is 0 Å². The number of carbonyl (C=O) groups excluding carboxylic acids is 1. The van der Waals surface area contributed by atoms with Crippen molar-refractivity contribution in [3.63, 3.8) is 0 Å². The van der Waals surface area contributed by atoms with Gasteiger partial charge in [-0.25, -0.2) is 4.98 Å². The van der Waals surface area contributed by atoms with E-state index in [1.807, 2.05) is 48.7 Å². The van der Waals surface area contributed by atoms with Crippen molar-refractivity contribution in [2.75, 3.05) is 42.9 Å². The Kier molecular flexibility index (Phi) is 5.94. The number of aliphatic carboxylic acids is 1. The monoisotopic (exact) mass is 407 g/mol. The smallest absolute Gasteiger partial charge is 0.308 e. The number of hydrogen-bond acceptors (Lipinski definition) is 5. The van der Waals surface area contributed by atoms with Crippen molar-refractivity contribution in [2.45, 2.75) is 6.42 Å². The second-order valence-corrected chi connectivity index (χ2v) is 7.54. The zero-order valence-corrected chi connectivity index (χ0v) is 16.6. The number of rotatable bonds is 7. The van der Waals surface area contributed by atoms with Gasteiger partial charge in [-0.3, -0.25) is 14.5 Å². The fraction of sp³-hybridized carbons (Fsp3) is 0.318. The number of anilines is 2.